The summed E-state index contributed by atoms with van der Waals surface area (Å²) in [7, 11) is 5.48. The van der Waals surface area contributed by atoms with E-state index in [0.29, 0.717) is 0 Å². The van der Waals surface area contributed by atoms with Gasteiger partial charge in [0.15, 0.2) is 0 Å². The Kier molecular flexibility index (Phi) is 4.64. The van der Waals surface area contributed by atoms with Crippen molar-refractivity contribution in [2.24, 2.45) is 0 Å². The predicted octanol–water partition coefficient (Wildman–Crippen LogP) is 2.20. The Morgan fingerprint density at radius 2 is 1.95 bits per heavy atom. The van der Waals surface area contributed by atoms with Gasteiger partial charge in [-0.05, 0) is 42.5 Å². The third-order valence-electron chi connectivity index (χ3n) is 3.31. The van der Waals surface area contributed by atoms with Crippen molar-refractivity contribution in [2.45, 2.75) is 0 Å². The number of hydrogen-bond donors (Lipinski definition) is 1. The molecule has 1 N–H and O–H groups in total. The summed E-state index contributed by atoms with van der Waals surface area (Å²) in [6, 6.07) is 13.7. The fourth-order valence-corrected chi connectivity index (χ4v) is 2.09. The molecule has 0 saturated heterocycles. The molecule has 0 radical (unpaired) electrons. The number of nitriles is 1. The Balaban J connectivity index is 2.39. The average molecular weight is 294 g/mol. The zero-order valence-corrected chi connectivity index (χ0v) is 12.9. The highest BCUT2D eigenvalue weighted by molar-refractivity contribution is 6.01. The van der Waals surface area contributed by atoms with E-state index in [1.165, 1.54) is 7.05 Å². The zero-order chi connectivity index (χ0) is 16.1. The lowest BCUT2D eigenvalue weighted by Crippen LogP contribution is -2.19. The van der Waals surface area contributed by atoms with E-state index in [-0.39, 0.29) is 5.57 Å². The number of nitrogens with one attached hydrogen (secondary N) is 1. The van der Waals surface area contributed by atoms with Crippen molar-refractivity contribution >= 4 is 17.7 Å². The van der Waals surface area contributed by atoms with Crippen LogP contribution in [0.1, 0.15) is 5.69 Å². The lowest BCUT2D eigenvalue weighted by molar-refractivity contribution is -0.116. The summed E-state index contributed by atoms with van der Waals surface area (Å²) in [4.78, 5) is 13.6. The van der Waals surface area contributed by atoms with Crippen molar-refractivity contribution in [1.82, 2.24) is 9.88 Å². The number of rotatable bonds is 4. The summed E-state index contributed by atoms with van der Waals surface area (Å²) in [6.45, 7) is 0. The van der Waals surface area contributed by atoms with E-state index in [1.807, 2.05) is 72.2 Å². The minimum Gasteiger partial charge on any atom is -0.378 e. The molecule has 0 aliphatic heterocycles. The van der Waals surface area contributed by atoms with Crippen LogP contribution in [-0.4, -0.2) is 31.6 Å². The first-order valence-corrected chi connectivity index (χ1v) is 6.86. The van der Waals surface area contributed by atoms with Crippen LogP contribution in [0.4, 0.5) is 5.69 Å². The van der Waals surface area contributed by atoms with E-state index in [4.69, 9.17) is 5.26 Å². The first-order valence-electron chi connectivity index (χ1n) is 6.86. The molecule has 1 heterocycles. The molecule has 0 aliphatic rings. The molecule has 1 aromatic heterocycles. The van der Waals surface area contributed by atoms with Crippen molar-refractivity contribution in [3.05, 3.63) is 53.9 Å². The highest BCUT2D eigenvalue weighted by Crippen LogP contribution is 2.19. The topological polar surface area (TPSA) is 61.1 Å². The highest BCUT2D eigenvalue weighted by atomic mass is 16.1. The molecule has 0 fully saturated rings. The summed E-state index contributed by atoms with van der Waals surface area (Å²) < 4.78 is 1.93. The van der Waals surface area contributed by atoms with Gasteiger partial charge < -0.3 is 14.8 Å². The molecule has 5 nitrogen and oxygen atoms in total. The van der Waals surface area contributed by atoms with Gasteiger partial charge in [0, 0.05) is 44.4 Å². The number of hydrogen-bond acceptors (Lipinski definition) is 3. The lowest BCUT2D eigenvalue weighted by atomic mass is 10.2. The molecule has 22 heavy (non-hydrogen) atoms. The molecule has 0 saturated carbocycles. The largest absolute Gasteiger partial charge is 0.378 e. The molecule has 0 atom stereocenters. The van der Waals surface area contributed by atoms with E-state index in [1.54, 1.807) is 6.08 Å². The Morgan fingerprint density at radius 3 is 2.50 bits per heavy atom. The first kappa shape index (κ1) is 15.4. The van der Waals surface area contributed by atoms with Crippen LogP contribution in [0.25, 0.3) is 11.8 Å². The van der Waals surface area contributed by atoms with Crippen LogP contribution in [0.3, 0.4) is 0 Å². The molecular formula is C17H18N4O. The highest BCUT2D eigenvalue weighted by Gasteiger charge is 2.09. The molecule has 112 valence electrons. The van der Waals surface area contributed by atoms with Gasteiger partial charge in [-0.1, -0.05) is 0 Å². The quantitative estimate of drug-likeness (QED) is 0.694. The van der Waals surface area contributed by atoms with E-state index in [2.05, 4.69) is 5.32 Å². The molecule has 2 rings (SSSR count). The van der Waals surface area contributed by atoms with E-state index < -0.39 is 5.91 Å². The molecular weight excluding hydrogens is 276 g/mol. The SMILES string of the molecule is CNC(=O)/C(C#N)=C\c1cccn1-c1ccc(N(C)C)cc1. The van der Waals surface area contributed by atoms with E-state index >= 15 is 0 Å². The second-order valence-corrected chi connectivity index (χ2v) is 4.96. The molecule has 0 aliphatic carbocycles. The predicted molar refractivity (Wildman–Crippen MR) is 87.8 cm³/mol. The summed E-state index contributed by atoms with van der Waals surface area (Å²) in [6.07, 6.45) is 3.48. The number of nitrogens with zero attached hydrogens (tertiary/aromatic N) is 3. The average Bonchev–Trinajstić information content (AvgIpc) is 3.00. The molecule has 1 aromatic carbocycles. The Morgan fingerprint density at radius 1 is 1.27 bits per heavy atom. The number of carbonyl (C=O) groups excluding carboxylic acids is 1. The van der Waals surface area contributed by atoms with Crippen LogP contribution in [0.2, 0.25) is 0 Å². The van der Waals surface area contributed by atoms with Crippen LogP contribution >= 0.6 is 0 Å². The van der Waals surface area contributed by atoms with Crippen LogP contribution in [0, 0.1) is 11.3 Å². The van der Waals surface area contributed by atoms with Crippen molar-refractivity contribution in [2.75, 3.05) is 26.0 Å². The maximum Gasteiger partial charge on any atom is 0.261 e. The Bertz CT molecular complexity index is 733. The van der Waals surface area contributed by atoms with Gasteiger partial charge in [0.25, 0.3) is 5.91 Å². The first-order chi connectivity index (χ1) is 10.6. The number of carbonyl (C=O) groups is 1. The lowest BCUT2D eigenvalue weighted by Gasteiger charge is -2.13. The summed E-state index contributed by atoms with van der Waals surface area (Å²) in [5.41, 5.74) is 2.93. The summed E-state index contributed by atoms with van der Waals surface area (Å²) in [5.74, 6) is -0.391. The third-order valence-corrected chi connectivity index (χ3v) is 3.31. The zero-order valence-electron chi connectivity index (χ0n) is 12.9. The summed E-state index contributed by atoms with van der Waals surface area (Å²) in [5, 5.41) is 11.6. The minimum absolute atomic E-state index is 0.0763. The van der Waals surface area contributed by atoms with Gasteiger partial charge in [0.2, 0.25) is 0 Å². The monoisotopic (exact) mass is 294 g/mol. The van der Waals surface area contributed by atoms with Crippen molar-refractivity contribution < 1.29 is 4.79 Å². The van der Waals surface area contributed by atoms with Gasteiger partial charge in [-0.2, -0.15) is 5.26 Å². The molecule has 0 bridgehead atoms. The molecule has 1 amide bonds. The fraction of sp³-hybridized carbons (Fsp3) is 0.176. The van der Waals surface area contributed by atoms with Crippen molar-refractivity contribution in [3.8, 4) is 11.8 Å². The van der Waals surface area contributed by atoms with Crippen LogP contribution < -0.4 is 10.2 Å². The number of anilines is 1. The maximum absolute atomic E-state index is 11.6. The van der Waals surface area contributed by atoms with Crippen LogP contribution in [0.5, 0.6) is 0 Å². The van der Waals surface area contributed by atoms with Gasteiger partial charge in [-0.25, -0.2) is 0 Å². The second kappa shape index (κ2) is 6.64. The fourth-order valence-electron chi connectivity index (χ4n) is 2.09. The standard InChI is InChI=1S/C17H18N4O/c1-19-17(22)13(12-18)11-16-5-4-10-21(16)15-8-6-14(7-9-15)20(2)3/h4-11H,1-3H3,(H,19,22)/b13-11-. The van der Waals surface area contributed by atoms with Crippen LogP contribution in [0.15, 0.2) is 48.2 Å². The van der Waals surface area contributed by atoms with Gasteiger partial charge in [0.05, 0.1) is 0 Å². The second-order valence-electron chi connectivity index (χ2n) is 4.96. The number of aromatic nitrogens is 1. The van der Waals surface area contributed by atoms with Crippen LogP contribution in [-0.2, 0) is 4.79 Å². The number of amides is 1. The minimum atomic E-state index is -0.391. The van der Waals surface area contributed by atoms with Crippen molar-refractivity contribution in [3.63, 3.8) is 0 Å². The molecule has 5 heteroatoms. The van der Waals surface area contributed by atoms with Gasteiger partial charge >= 0.3 is 0 Å². The number of benzene rings is 1. The van der Waals surface area contributed by atoms with Crippen molar-refractivity contribution in [1.29, 1.82) is 5.26 Å². The molecule has 2 aromatic rings. The van der Waals surface area contributed by atoms with Gasteiger partial charge in [-0.15, -0.1) is 0 Å². The van der Waals surface area contributed by atoms with Gasteiger partial charge in [0.1, 0.15) is 11.6 Å². The Hall–Kier alpha value is -3.00. The number of likely N-dealkylation sites (N-methyl/N-ethyl adjacent to an activating group) is 1. The third kappa shape index (κ3) is 3.18. The maximum atomic E-state index is 11.6. The molecule has 0 unspecified atom stereocenters. The molecule has 0 spiro atoms. The normalized spacial score (nSPS) is 10.9. The Labute approximate surface area is 130 Å². The smallest absolute Gasteiger partial charge is 0.261 e. The summed E-state index contributed by atoms with van der Waals surface area (Å²) >= 11 is 0. The van der Waals surface area contributed by atoms with E-state index in [0.717, 1.165) is 17.1 Å². The van der Waals surface area contributed by atoms with E-state index in [9.17, 15) is 4.79 Å². The van der Waals surface area contributed by atoms with Gasteiger partial charge in [-0.3, -0.25) is 4.79 Å².